The van der Waals surface area contributed by atoms with Crippen LogP contribution in [0.5, 0.6) is 0 Å². The van der Waals surface area contributed by atoms with Crippen LogP contribution in [0.25, 0.3) is 10.2 Å². The number of ketones is 1. The van der Waals surface area contributed by atoms with E-state index in [4.69, 9.17) is 5.73 Å². The van der Waals surface area contributed by atoms with Gasteiger partial charge in [0, 0.05) is 48.5 Å². The predicted octanol–water partition coefficient (Wildman–Crippen LogP) is 3.97. The summed E-state index contributed by atoms with van der Waals surface area (Å²) in [5.41, 5.74) is 11.9. The Morgan fingerprint density at radius 3 is 2.23 bits per heavy atom. The first-order valence-electron chi connectivity index (χ1n) is 10.1. The van der Waals surface area contributed by atoms with Crippen molar-refractivity contribution < 1.29 is 9.59 Å². The minimum atomic E-state index is -0.0169. The molecule has 30 heavy (non-hydrogen) atoms. The third-order valence-electron chi connectivity index (χ3n) is 6.08. The molecule has 1 aromatic carbocycles. The molecule has 2 N–H and O–H groups in total. The number of carbonyl (C=O) groups is 2. The number of anilines is 2. The summed E-state index contributed by atoms with van der Waals surface area (Å²) in [4.78, 5) is 34.9. The molecule has 3 aromatic rings. The third-order valence-corrected chi connectivity index (χ3v) is 7.16. The molecule has 1 aliphatic rings. The molecule has 0 radical (unpaired) electrons. The molecule has 0 unspecified atom stereocenters. The second-order valence-corrected chi connectivity index (χ2v) is 8.85. The first-order valence-corrected chi connectivity index (χ1v) is 10.9. The lowest BCUT2D eigenvalue weighted by Gasteiger charge is -2.36. The largest absolute Gasteiger partial charge is 0.397 e. The van der Waals surface area contributed by atoms with Gasteiger partial charge in [0.2, 0.25) is 0 Å². The molecule has 1 saturated heterocycles. The minimum Gasteiger partial charge on any atom is -0.397 e. The zero-order valence-electron chi connectivity index (χ0n) is 17.8. The fraction of sp³-hybridized carbons (Fsp3) is 0.348. The van der Waals surface area contributed by atoms with Crippen LogP contribution in [0.15, 0.2) is 24.3 Å². The summed E-state index contributed by atoms with van der Waals surface area (Å²) in [6, 6.07) is 7.65. The van der Waals surface area contributed by atoms with E-state index >= 15 is 0 Å². The van der Waals surface area contributed by atoms with Crippen LogP contribution in [-0.2, 0) is 0 Å². The van der Waals surface area contributed by atoms with Gasteiger partial charge in [0.05, 0.1) is 5.69 Å². The number of nitrogens with zero attached hydrogens (tertiary/aromatic N) is 3. The van der Waals surface area contributed by atoms with E-state index in [2.05, 4.69) is 9.88 Å². The zero-order valence-corrected chi connectivity index (χ0v) is 18.6. The van der Waals surface area contributed by atoms with Crippen LogP contribution in [0.1, 0.15) is 43.8 Å². The minimum absolute atomic E-state index is 0.0169. The predicted molar refractivity (Wildman–Crippen MR) is 123 cm³/mol. The van der Waals surface area contributed by atoms with E-state index in [-0.39, 0.29) is 11.7 Å². The number of nitrogen functional groups attached to an aromatic ring is 1. The van der Waals surface area contributed by atoms with Gasteiger partial charge in [-0.1, -0.05) is 0 Å². The van der Waals surface area contributed by atoms with Crippen molar-refractivity contribution in [3.05, 3.63) is 51.5 Å². The summed E-state index contributed by atoms with van der Waals surface area (Å²) in [7, 11) is 0. The van der Waals surface area contributed by atoms with Crippen molar-refractivity contribution in [2.75, 3.05) is 36.8 Å². The SMILES string of the molecule is CC(=O)c1ccc(N2CCN(C(=O)c3sc4nc(C)c(C)c(C)c4c3N)CC2)cc1. The Balaban J connectivity index is 1.51. The number of Topliss-reactive ketones (excluding diaryl/α,β-unsaturated/α-hetero) is 1. The average molecular weight is 423 g/mol. The summed E-state index contributed by atoms with van der Waals surface area (Å²) >= 11 is 1.39. The van der Waals surface area contributed by atoms with Crippen molar-refractivity contribution in [2.24, 2.45) is 0 Å². The number of aryl methyl sites for hydroxylation is 2. The second-order valence-electron chi connectivity index (χ2n) is 7.85. The van der Waals surface area contributed by atoms with Crippen molar-refractivity contribution in [1.82, 2.24) is 9.88 Å². The van der Waals surface area contributed by atoms with Crippen LogP contribution in [0.2, 0.25) is 0 Å². The Bertz CT molecular complexity index is 1140. The Hall–Kier alpha value is -2.93. The number of benzene rings is 1. The monoisotopic (exact) mass is 422 g/mol. The summed E-state index contributed by atoms with van der Waals surface area (Å²) in [6.45, 7) is 10.4. The van der Waals surface area contributed by atoms with Crippen molar-refractivity contribution in [1.29, 1.82) is 0 Å². The molecule has 0 aliphatic carbocycles. The maximum Gasteiger partial charge on any atom is 0.266 e. The fourth-order valence-electron chi connectivity index (χ4n) is 3.94. The highest BCUT2D eigenvalue weighted by Crippen LogP contribution is 2.37. The molecular formula is C23H26N4O2S. The Labute approximate surface area is 180 Å². The molecule has 0 spiro atoms. The summed E-state index contributed by atoms with van der Waals surface area (Å²) in [5.74, 6) is 0.0461. The molecule has 6 nitrogen and oxygen atoms in total. The van der Waals surface area contributed by atoms with Gasteiger partial charge in [0.25, 0.3) is 5.91 Å². The summed E-state index contributed by atoms with van der Waals surface area (Å²) < 4.78 is 0. The lowest BCUT2D eigenvalue weighted by atomic mass is 10.1. The smallest absolute Gasteiger partial charge is 0.266 e. The van der Waals surface area contributed by atoms with E-state index in [1.807, 2.05) is 49.9 Å². The van der Waals surface area contributed by atoms with Gasteiger partial charge in [-0.25, -0.2) is 4.98 Å². The molecule has 0 saturated carbocycles. The highest BCUT2D eigenvalue weighted by Gasteiger charge is 2.27. The topological polar surface area (TPSA) is 79.5 Å². The van der Waals surface area contributed by atoms with Crippen LogP contribution in [0, 0.1) is 20.8 Å². The number of hydrogen-bond donors (Lipinski definition) is 1. The van der Waals surface area contributed by atoms with Gasteiger partial charge in [-0.2, -0.15) is 0 Å². The number of amides is 1. The van der Waals surface area contributed by atoms with Gasteiger partial charge in [0.1, 0.15) is 9.71 Å². The lowest BCUT2D eigenvalue weighted by Crippen LogP contribution is -2.48. The summed E-state index contributed by atoms with van der Waals surface area (Å²) in [5, 5.41) is 0.913. The molecule has 1 amide bonds. The molecule has 0 bridgehead atoms. The van der Waals surface area contributed by atoms with Crippen LogP contribution in [0.4, 0.5) is 11.4 Å². The lowest BCUT2D eigenvalue weighted by molar-refractivity contribution is 0.0752. The third kappa shape index (κ3) is 3.43. The number of hydrogen-bond acceptors (Lipinski definition) is 6. The zero-order chi connectivity index (χ0) is 21.6. The number of thiophene rings is 1. The van der Waals surface area contributed by atoms with E-state index in [0.717, 1.165) is 45.8 Å². The van der Waals surface area contributed by atoms with Gasteiger partial charge in [0.15, 0.2) is 5.78 Å². The van der Waals surface area contributed by atoms with E-state index in [9.17, 15) is 9.59 Å². The number of nitrogens with two attached hydrogens (primary N) is 1. The molecule has 156 valence electrons. The van der Waals surface area contributed by atoms with Gasteiger partial charge < -0.3 is 15.5 Å². The molecule has 0 atom stereocenters. The van der Waals surface area contributed by atoms with E-state index < -0.39 is 0 Å². The van der Waals surface area contributed by atoms with Crippen LogP contribution in [0.3, 0.4) is 0 Å². The van der Waals surface area contributed by atoms with E-state index in [1.165, 1.54) is 11.3 Å². The Morgan fingerprint density at radius 1 is 1.00 bits per heavy atom. The van der Waals surface area contributed by atoms with Gasteiger partial charge in [-0.3, -0.25) is 9.59 Å². The normalized spacial score (nSPS) is 14.4. The molecule has 1 fully saturated rings. The Morgan fingerprint density at radius 2 is 1.63 bits per heavy atom. The molecule has 7 heteroatoms. The van der Waals surface area contributed by atoms with Crippen molar-refractivity contribution in [2.45, 2.75) is 27.7 Å². The first kappa shape index (κ1) is 20.3. The fourth-order valence-corrected chi connectivity index (χ4v) is 5.11. The second kappa shape index (κ2) is 7.72. The van der Waals surface area contributed by atoms with Crippen LogP contribution >= 0.6 is 11.3 Å². The van der Waals surface area contributed by atoms with Gasteiger partial charge in [-0.15, -0.1) is 11.3 Å². The highest BCUT2D eigenvalue weighted by atomic mass is 32.1. The first-order chi connectivity index (χ1) is 14.3. The highest BCUT2D eigenvalue weighted by molar-refractivity contribution is 7.21. The molecule has 2 aromatic heterocycles. The van der Waals surface area contributed by atoms with Crippen molar-refractivity contribution in [3.63, 3.8) is 0 Å². The Kier molecular flexibility index (Phi) is 5.24. The molecule has 1 aliphatic heterocycles. The van der Waals surface area contributed by atoms with Gasteiger partial charge in [-0.05, 0) is 63.1 Å². The summed E-state index contributed by atoms with van der Waals surface area (Å²) in [6.07, 6.45) is 0. The maximum absolute atomic E-state index is 13.2. The number of piperazine rings is 1. The van der Waals surface area contributed by atoms with Crippen molar-refractivity contribution >= 4 is 44.6 Å². The van der Waals surface area contributed by atoms with E-state index in [1.54, 1.807) is 6.92 Å². The average Bonchev–Trinajstić information content (AvgIpc) is 3.07. The number of fused-ring (bicyclic) bond motifs is 1. The molecular weight excluding hydrogens is 396 g/mol. The maximum atomic E-state index is 13.2. The van der Waals surface area contributed by atoms with E-state index in [0.29, 0.717) is 29.2 Å². The number of rotatable bonds is 3. The number of pyridine rings is 1. The quantitative estimate of drug-likeness (QED) is 0.646. The van der Waals surface area contributed by atoms with Crippen LogP contribution in [-0.4, -0.2) is 47.8 Å². The number of carbonyl (C=O) groups excluding carboxylic acids is 2. The standard InChI is InChI=1S/C23H26N4O2S/c1-13-14(2)19-20(24)21(30-22(19)25-15(13)3)23(29)27-11-9-26(10-12-27)18-7-5-17(6-8-18)16(4)28/h5-8H,9-12,24H2,1-4H3. The molecule has 4 rings (SSSR count). The van der Waals surface area contributed by atoms with Crippen molar-refractivity contribution in [3.8, 4) is 0 Å². The van der Waals surface area contributed by atoms with Crippen LogP contribution < -0.4 is 10.6 Å². The number of aromatic nitrogens is 1. The van der Waals surface area contributed by atoms with Gasteiger partial charge >= 0.3 is 0 Å². The molecule has 3 heterocycles.